The first-order valence-electron chi connectivity index (χ1n) is 6.66. The van der Waals surface area contributed by atoms with E-state index in [4.69, 9.17) is 4.42 Å². The van der Waals surface area contributed by atoms with Gasteiger partial charge in [-0.25, -0.2) is 0 Å². The minimum atomic E-state index is -0.705. The Morgan fingerprint density at radius 1 is 1.60 bits per heavy atom. The van der Waals surface area contributed by atoms with Crippen LogP contribution in [0.5, 0.6) is 0 Å². The van der Waals surface area contributed by atoms with Gasteiger partial charge in [0.2, 0.25) is 0 Å². The van der Waals surface area contributed by atoms with E-state index >= 15 is 0 Å². The Morgan fingerprint density at radius 2 is 2.40 bits per heavy atom. The molecule has 0 bridgehead atoms. The van der Waals surface area contributed by atoms with E-state index in [1.54, 1.807) is 22.9 Å². The first kappa shape index (κ1) is 14.3. The van der Waals surface area contributed by atoms with Crippen molar-refractivity contribution in [3.8, 4) is 0 Å². The first-order chi connectivity index (χ1) is 9.61. The van der Waals surface area contributed by atoms with E-state index < -0.39 is 6.10 Å². The van der Waals surface area contributed by atoms with E-state index in [9.17, 15) is 9.90 Å². The zero-order chi connectivity index (χ0) is 14.5. The molecule has 2 rings (SSSR count). The Hall–Kier alpha value is -2.08. The number of hydrogen-bond acceptors (Lipinski definition) is 4. The number of aliphatic hydroxyl groups excluding tert-OH is 1. The highest BCUT2D eigenvalue weighted by atomic mass is 16.4. The van der Waals surface area contributed by atoms with Gasteiger partial charge in [-0.3, -0.25) is 9.48 Å². The molecule has 0 spiro atoms. The van der Waals surface area contributed by atoms with Crippen molar-refractivity contribution < 1.29 is 14.3 Å². The van der Waals surface area contributed by atoms with Crippen LogP contribution in [0.1, 0.15) is 41.4 Å². The largest absolute Gasteiger partial charge is 0.467 e. The lowest BCUT2D eigenvalue weighted by Gasteiger charge is -2.09. The van der Waals surface area contributed by atoms with Gasteiger partial charge in [0.1, 0.15) is 17.6 Å². The zero-order valence-electron chi connectivity index (χ0n) is 11.7. The Labute approximate surface area is 117 Å². The molecule has 0 aromatic carbocycles. The number of nitrogens with one attached hydrogen (secondary N) is 1. The zero-order valence-corrected chi connectivity index (χ0v) is 11.7. The van der Waals surface area contributed by atoms with Crippen molar-refractivity contribution in [3.05, 3.63) is 41.6 Å². The summed E-state index contributed by atoms with van der Waals surface area (Å²) in [5, 5.41) is 16.8. The lowest BCUT2D eigenvalue weighted by atomic mass is 10.2. The Kier molecular flexibility index (Phi) is 4.57. The summed E-state index contributed by atoms with van der Waals surface area (Å²) >= 11 is 0. The van der Waals surface area contributed by atoms with Crippen molar-refractivity contribution in [1.29, 1.82) is 0 Å². The van der Waals surface area contributed by atoms with Crippen molar-refractivity contribution in [2.45, 2.75) is 32.9 Å². The highest BCUT2D eigenvalue weighted by Gasteiger charge is 2.14. The van der Waals surface area contributed by atoms with Gasteiger partial charge < -0.3 is 14.8 Å². The number of rotatable bonds is 6. The van der Waals surface area contributed by atoms with Crippen molar-refractivity contribution >= 4 is 5.91 Å². The van der Waals surface area contributed by atoms with Gasteiger partial charge in [0, 0.05) is 13.1 Å². The van der Waals surface area contributed by atoms with Crippen molar-refractivity contribution in [3.63, 3.8) is 0 Å². The second kappa shape index (κ2) is 6.38. The molecule has 1 atom stereocenters. The van der Waals surface area contributed by atoms with Crippen LogP contribution in [-0.4, -0.2) is 27.3 Å². The standard InChI is InChI=1S/C14H19N3O3/c1-3-17-11(9-10(2)16-17)14(19)15-7-6-12(18)13-5-4-8-20-13/h4-5,8-9,12,18H,3,6-7H2,1-2H3,(H,15,19)/t12-/m1/s1. The summed E-state index contributed by atoms with van der Waals surface area (Å²) in [7, 11) is 0. The second-order valence-electron chi connectivity index (χ2n) is 4.56. The van der Waals surface area contributed by atoms with Crippen LogP contribution in [-0.2, 0) is 6.54 Å². The van der Waals surface area contributed by atoms with Gasteiger partial charge in [-0.1, -0.05) is 0 Å². The first-order valence-corrected chi connectivity index (χ1v) is 6.66. The summed E-state index contributed by atoms with van der Waals surface area (Å²) in [5.74, 6) is 0.327. The van der Waals surface area contributed by atoms with E-state index in [-0.39, 0.29) is 5.91 Å². The number of aromatic nitrogens is 2. The predicted molar refractivity (Wildman–Crippen MR) is 73.3 cm³/mol. The number of amides is 1. The van der Waals surface area contributed by atoms with Crippen LogP contribution in [0.4, 0.5) is 0 Å². The molecule has 2 aromatic heterocycles. The van der Waals surface area contributed by atoms with Crippen LogP contribution < -0.4 is 5.32 Å². The third-order valence-corrected chi connectivity index (χ3v) is 3.01. The summed E-state index contributed by atoms with van der Waals surface area (Å²) in [6.07, 6.45) is 1.21. The van der Waals surface area contributed by atoms with Crippen LogP contribution >= 0.6 is 0 Å². The van der Waals surface area contributed by atoms with Crippen LogP contribution in [0.15, 0.2) is 28.9 Å². The average Bonchev–Trinajstić information content (AvgIpc) is 3.07. The maximum Gasteiger partial charge on any atom is 0.269 e. The summed E-state index contributed by atoms with van der Waals surface area (Å²) in [5.41, 5.74) is 1.35. The molecule has 0 aliphatic carbocycles. The quantitative estimate of drug-likeness (QED) is 0.841. The summed E-state index contributed by atoms with van der Waals surface area (Å²) in [4.78, 5) is 12.0. The minimum Gasteiger partial charge on any atom is -0.467 e. The van der Waals surface area contributed by atoms with Gasteiger partial charge in [-0.15, -0.1) is 0 Å². The van der Waals surface area contributed by atoms with Gasteiger partial charge in [-0.2, -0.15) is 5.10 Å². The topological polar surface area (TPSA) is 80.3 Å². The summed E-state index contributed by atoms with van der Waals surface area (Å²) in [6, 6.07) is 5.18. The number of aryl methyl sites for hydroxylation is 2. The number of nitrogens with zero attached hydrogens (tertiary/aromatic N) is 2. The second-order valence-corrected chi connectivity index (χ2v) is 4.56. The number of hydrogen-bond donors (Lipinski definition) is 2. The summed E-state index contributed by atoms with van der Waals surface area (Å²) in [6.45, 7) is 4.80. The Morgan fingerprint density at radius 3 is 3.05 bits per heavy atom. The molecular formula is C14H19N3O3. The molecule has 0 radical (unpaired) electrons. The fraction of sp³-hybridized carbons (Fsp3) is 0.429. The van der Waals surface area contributed by atoms with Gasteiger partial charge in [0.15, 0.2) is 0 Å². The molecule has 108 valence electrons. The normalized spacial score (nSPS) is 12.3. The molecule has 0 saturated carbocycles. The third-order valence-electron chi connectivity index (χ3n) is 3.01. The molecule has 6 heteroatoms. The van der Waals surface area contributed by atoms with E-state index in [0.29, 0.717) is 31.0 Å². The molecule has 1 amide bonds. The number of aliphatic hydroxyl groups is 1. The van der Waals surface area contributed by atoms with Crippen LogP contribution in [0.2, 0.25) is 0 Å². The van der Waals surface area contributed by atoms with Gasteiger partial charge >= 0.3 is 0 Å². The highest BCUT2D eigenvalue weighted by Crippen LogP contribution is 2.15. The molecule has 0 fully saturated rings. The van der Waals surface area contributed by atoms with Crippen LogP contribution in [0.25, 0.3) is 0 Å². The maximum absolute atomic E-state index is 12.0. The number of carbonyl (C=O) groups excluding carboxylic acids is 1. The molecule has 0 unspecified atom stereocenters. The van der Waals surface area contributed by atoms with E-state index in [1.165, 1.54) is 6.26 Å². The molecule has 0 aliphatic heterocycles. The van der Waals surface area contributed by atoms with Crippen LogP contribution in [0, 0.1) is 6.92 Å². The molecule has 2 aromatic rings. The molecule has 2 N–H and O–H groups in total. The Bertz CT molecular complexity index is 560. The van der Waals surface area contributed by atoms with Crippen molar-refractivity contribution in [2.24, 2.45) is 0 Å². The molecule has 0 aliphatic rings. The lowest BCUT2D eigenvalue weighted by Crippen LogP contribution is -2.27. The lowest BCUT2D eigenvalue weighted by molar-refractivity contribution is 0.0925. The van der Waals surface area contributed by atoms with Gasteiger partial charge in [0.25, 0.3) is 5.91 Å². The van der Waals surface area contributed by atoms with Gasteiger partial charge in [-0.05, 0) is 38.5 Å². The average molecular weight is 277 g/mol. The smallest absolute Gasteiger partial charge is 0.269 e. The van der Waals surface area contributed by atoms with Crippen molar-refractivity contribution in [1.82, 2.24) is 15.1 Å². The van der Waals surface area contributed by atoms with Crippen molar-refractivity contribution in [2.75, 3.05) is 6.54 Å². The monoisotopic (exact) mass is 277 g/mol. The third kappa shape index (κ3) is 3.27. The molecule has 20 heavy (non-hydrogen) atoms. The molecule has 0 saturated heterocycles. The maximum atomic E-state index is 12.0. The summed E-state index contributed by atoms with van der Waals surface area (Å²) < 4.78 is 6.76. The van der Waals surface area contributed by atoms with E-state index in [0.717, 1.165) is 5.69 Å². The Balaban J connectivity index is 1.86. The van der Waals surface area contributed by atoms with Gasteiger partial charge in [0.05, 0.1) is 12.0 Å². The number of furan rings is 1. The number of carbonyl (C=O) groups is 1. The minimum absolute atomic E-state index is 0.181. The molecular weight excluding hydrogens is 258 g/mol. The fourth-order valence-corrected chi connectivity index (χ4v) is 2.01. The van der Waals surface area contributed by atoms with E-state index in [2.05, 4.69) is 10.4 Å². The SMILES string of the molecule is CCn1nc(C)cc1C(=O)NCC[C@@H](O)c1ccco1. The molecule has 2 heterocycles. The fourth-order valence-electron chi connectivity index (χ4n) is 2.01. The highest BCUT2D eigenvalue weighted by molar-refractivity contribution is 5.92. The van der Waals surface area contributed by atoms with Crippen LogP contribution in [0.3, 0.4) is 0 Å². The molecule has 6 nitrogen and oxygen atoms in total. The predicted octanol–water partition coefficient (Wildman–Crippen LogP) is 1.66. The van der Waals surface area contributed by atoms with E-state index in [1.807, 2.05) is 13.8 Å².